The van der Waals surface area contributed by atoms with Crippen molar-refractivity contribution < 1.29 is 33.3 Å². The molecule has 1 spiro atoms. The molecule has 8 heteroatoms. The van der Waals surface area contributed by atoms with E-state index in [4.69, 9.17) is 18.9 Å². The van der Waals surface area contributed by atoms with E-state index in [0.29, 0.717) is 31.7 Å². The van der Waals surface area contributed by atoms with Gasteiger partial charge in [-0.05, 0) is 44.4 Å². The van der Waals surface area contributed by atoms with Gasteiger partial charge in [0.1, 0.15) is 0 Å². The highest BCUT2D eigenvalue weighted by molar-refractivity contribution is 5.98. The Morgan fingerprint density at radius 3 is 2.80 bits per heavy atom. The zero-order valence-corrected chi connectivity index (χ0v) is 16.9. The first-order chi connectivity index (χ1) is 14.5. The summed E-state index contributed by atoms with van der Waals surface area (Å²) in [4.78, 5) is 39.1. The van der Waals surface area contributed by atoms with Crippen molar-refractivity contribution >= 4 is 18.0 Å². The van der Waals surface area contributed by atoms with Gasteiger partial charge in [-0.15, -0.1) is 0 Å². The zero-order valence-electron chi connectivity index (χ0n) is 16.9. The average Bonchev–Trinajstić information content (AvgIpc) is 3.06. The molecule has 1 fully saturated rings. The molecule has 1 amide bonds. The molecule has 1 aromatic rings. The molecular weight excluding hydrogens is 390 g/mol. The van der Waals surface area contributed by atoms with Crippen molar-refractivity contribution in [2.75, 3.05) is 19.8 Å². The molecule has 2 aliphatic heterocycles. The number of piperidine rings is 1. The summed E-state index contributed by atoms with van der Waals surface area (Å²) in [7, 11) is 0. The molecule has 0 aromatic heterocycles. The van der Waals surface area contributed by atoms with Crippen LogP contribution >= 0.6 is 0 Å². The SMILES string of the molecule is CCOC(=O)Oc1ccc2c3c1O[C@H]1C(=O)C=C[C@H]4[C@H](C2)N(C(=O)OCC)CC[C@]314. The maximum absolute atomic E-state index is 12.8. The van der Waals surface area contributed by atoms with E-state index in [9.17, 15) is 14.4 Å². The van der Waals surface area contributed by atoms with Gasteiger partial charge in [-0.1, -0.05) is 12.1 Å². The average molecular weight is 413 g/mol. The van der Waals surface area contributed by atoms with Crippen molar-refractivity contribution in [2.45, 2.75) is 44.2 Å². The Bertz CT molecular complexity index is 970. The number of hydrogen-bond donors (Lipinski definition) is 0. The molecule has 4 aliphatic rings. The number of amides is 1. The van der Waals surface area contributed by atoms with E-state index in [-0.39, 0.29) is 36.2 Å². The van der Waals surface area contributed by atoms with Crippen molar-refractivity contribution in [3.63, 3.8) is 0 Å². The summed E-state index contributed by atoms with van der Waals surface area (Å²) in [6.07, 6.45) is 2.81. The Morgan fingerprint density at radius 2 is 2.03 bits per heavy atom. The minimum atomic E-state index is -0.809. The van der Waals surface area contributed by atoms with Crippen molar-refractivity contribution in [3.8, 4) is 11.5 Å². The van der Waals surface area contributed by atoms with Crippen LogP contribution in [0.3, 0.4) is 0 Å². The maximum Gasteiger partial charge on any atom is 0.513 e. The number of benzene rings is 1. The van der Waals surface area contributed by atoms with E-state index in [2.05, 4.69) is 0 Å². The molecule has 5 rings (SSSR count). The third-order valence-electron chi connectivity index (χ3n) is 6.67. The van der Waals surface area contributed by atoms with Crippen LogP contribution in [0.1, 0.15) is 31.4 Å². The number of likely N-dealkylation sites (tertiary alicyclic amines) is 1. The van der Waals surface area contributed by atoms with E-state index in [1.807, 2.05) is 12.1 Å². The molecular formula is C22H23NO7. The first-order valence-corrected chi connectivity index (χ1v) is 10.3. The van der Waals surface area contributed by atoms with E-state index in [1.54, 1.807) is 30.9 Å². The lowest BCUT2D eigenvalue weighted by atomic mass is 9.53. The second-order valence-electron chi connectivity index (χ2n) is 7.95. The minimum Gasteiger partial charge on any atom is -0.477 e. The molecule has 0 unspecified atom stereocenters. The van der Waals surface area contributed by atoms with Gasteiger partial charge in [0.05, 0.1) is 18.6 Å². The molecule has 1 saturated heterocycles. The monoisotopic (exact) mass is 413 g/mol. The van der Waals surface area contributed by atoms with Crippen molar-refractivity contribution in [1.29, 1.82) is 0 Å². The molecule has 158 valence electrons. The summed E-state index contributed by atoms with van der Waals surface area (Å²) in [5.74, 6) is 0.509. The molecule has 30 heavy (non-hydrogen) atoms. The van der Waals surface area contributed by atoms with Gasteiger partial charge < -0.3 is 23.8 Å². The quantitative estimate of drug-likeness (QED) is 0.556. The second kappa shape index (κ2) is 6.75. The lowest BCUT2D eigenvalue weighted by molar-refractivity contribution is -0.127. The molecule has 4 atom stereocenters. The van der Waals surface area contributed by atoms with E-state index < -0.39 is 17.7 Å². The van der Waals surface area contributed by atoms with Crippen LogP contribution in [-0.4, -0.2) is 54.8 Å². The van der Waals surface area contributed by atoms with Crippen LogP contribution in [0.15, 0.2) is 24.3 Å². The van der Waals surface area contributed by atoms with E-state index >= 15 is 0 Å². The van der Waals surface area contributed by atoms with E-state index in [1.165, 1.54) is 0 Å². The predicted octanol–water partition coefficient (Wildman–Crippen LogP) is 2.76. The Labute approximate surface area is 173 Å². The van der Waals surface area contributed by atoms with Crippen LogP contribution in [-0.2, 0) is 26.1 Å². The Kier molecular flexibility index (Phi) is 4.27. The highest BCUT2D eigenvalue weighted by Gasteiger charge is 2.65. The highest BCUT2D eigenvalue weighted by Crippen LogP contribution is 2.62. The molecule has 2 bridgehead atoms. The van der Waals surface area contributed by atoms with Gasteiger partial charge in [0.15, 0.2) is 23.4 Å². The van der Waals surface area contributed by atoms with Crippen molar-refractivity contribution in [3.05, 3.63) is 35.4 Å². The molecule has 0 radical (unpaired) electrons. The first kappa shape index (κ1) is 19.0. The summed E-state index contributed by atoms with van der Waals surface area (Å²) in [5, 5.41) is 0. The maximum atomic E-state index is 12.8. The Hall–Kier alpha value is -3.03. The van der Waals surface area contributed by atoms with Gasteiger partial charge in [-0.3, -0.25) is 4.79 Å². The van der Waals surface area contributed by atoms with Gasteiger partial charge in [-0.25, -0.2) is 9.59 Å². The first-order valence-electron chi connectivity index (χ1n) is 10.3. The summed E-state index contributed by atoms with van der Waals surface area (Å²) < 4.78 is 21.7. The van der Waals surface area contributed by atoms with Crippen LogP contribution in [0, 0.1) is 5.92 Å². The molecule has 2 heterocycles. The van der Waals surface area contributed by atoms with Crippen molar-refractivity contribution in [2.24, 2.45) is 5.92 Å². The fourth-order valence-corrected chi connectivity index (χ4v) is 5.64. The van der Waals surface area contributed by atoms with Crippen LogP contribution in [0.5, 0.6) is 11.5 Å². The van der Waals surface area contributed by atoms with Gasteiger partial charge in [0, 0.05) is 24.1 Å². The molecule has 2 aliphatic carbocycles. The van der Waals surface area contributed by atoms with E-state index in [0.717, 1.165) is 11.1 Å². The van der Waals surface area contributed by atoms with Crippen LogP contribution in [0.4, 0.5) is 9.59 Å². The van der Waals surface area contributed by atoms with Gasteiger partial charge in [-0.2, -0.15) is 0 Å². The third-order valence-corrected chi connectivity index (χ3v) is 6.67. The number of hydrogen-bond acceptors (Lipinski definition) is 7. The van der Waals surface area contributed by atoms with Gasteiger partial charge in [0.25, 0.3) is 0 Å². The fourth-order valence-electron chi connectivity index (χ4n) is 5.64. The minimum absolute atomic E-state index is 0.0788. The lowest BCUT2D eigenvalue weighted by Gasteiger charge is -2.55. The topological polar surface area (TPSA) is 91.4 Å². The predicted molar refractivity (Wildman–Crippen MR) is 104 cm³/mol. The standard InChI is InChI=1S/C22H23NO7/c1-3-27-20(25)23-10-9-22-13-6-7-15(24)19(22)30-18-16(29-21(26)28-4-2)8-5-12(17(18)22)11-14(13)23/h5-8,13-14,19H,3-4,9-11H2,1-2H3/t13-,14-,19-,22-/m0/s1. The van der Waals surface area contributed by atoms with Gasteiger partial charge in [0.2, 0.25) is 0 Å². The molecule has 1 aromatic carbocycles. The Balaban J connectivity index is 1.62. The number of carbonyl (C=O) groups excluding carboxylic acids is 3. The number of carbonyl (C=O) groups is 3. The number of ketones is 1. The zero-order chi connectivity index (χ0) is 21.0. The van der Waals surface area contributed by atoms with Crippen LogP contribution in [0.2, 0.25) is 0 Å². The fraction of sp³-hybridized carbons (Fsp3) is 0.500. The molecule has 8 nitrogen and oxygen atoms in total. The number of rotatable bonds is 3. The third kappa shape index (κ3) is 2.42. The lowest BCUT2D eigenvalue weighted by Crippen LogP contribution is -2.65. The summed E-state index contributed by atoms with van der Waals surface area (Å²) in [6.45, 7) is 4.47. The molecule has 0 N–H and O–H groups in total. The van der Waals surface area contributed by atoms with Crippen LogP contribution < -0.4 is 9.47 Å². The molecule has 0 saturated carbocycles. The second-order valence-corrected chi connectivity index (χ2v) is 7.95. The van der Waals surface area contributed by atoms with Crippen LogP contribution in [0.25, 0.3) is 0 Å². The summed E-state index contributed by atoms with van der Waals surface area (Å²) >= 11 is 0. The van der Waals surface area contributed by atoms with Gasteiger partial charge >= 0.3 is 12.2 Å². The largest absolute Gasteiger partial charge is 0.513 e. The Morgan fingerprint density at radius 1 is 1.23 bits per heavy atom. The normalized spacial score (nSPS) is 29.7. The highest BCUT2D eigenvalue weighted by atomic mass is 16.7. The smallest absolute Gasteiger partial charge is 0.477 e. The number of ether oxygens (including phenoxy) is 4. The van der Waals surface area contributed by atoms with Crippen molar-refractivity contribution in [1.82, 2.24) is 4.90 Å². The summed E-state index contributed by atoms with van der Waals surface area (Å²) in [6, 6.07) is 3.44. The number of nitrogens with zero attached hydrogens (tertiary/aromatic N) is 1. The summed E-state index contributed by atoms with van der Waals surface area (Å²) in [5.41, 5.74) is 1.36.